The van der Waals surface area contributed by atoms with E-state index in [1.807, 2.05) is 24.3 Å². The third-order valence-electron chi connectivity index (χ3n) is 1.63. The van der Waals surface area contributed by atoms with Crippen molar-refractivity contribution in [2.24, 2.45) is 0 Å². The van der Waals surface area contributed by atoms with Crippen LogP contribution in [0.4, 0.5) is 0 Å². The molecule has 0 saturated carbocycles. The summed E-state index contributed by atoms with van der Waals surface area (Å²) in [5.41, 5.74) is 1.03. The van der Waals surface area contributed by atoms with Crippen LogP contribution in [0, 0.1) is 0 Å². The Hall–Kier alpha value is -0.880. The Morgan fingerprint density at radius 3 is 2.46 bits per heavy atom. The van der Waals surface area contributed by atoms with E-state index in [1.165, 1.54) is 0 Å². The molecule has 70 valence electrons. The largest absolute Gasteiger partial charge is 0.490 e. The van der Waals surface area contributed by atoms with E-state index in [0.29, 0.717) is 12.8 Å². The van der Waals surface area contributed by atoms with Crippen molar-refractivity contribution in [3.05, 3.63) is 29.8 Å². The van der Waals surface area contributed by atoms with Crippen molar-refractivity contribution in [1.82, 2.24) is 0 Å². The molecule has 2 nitrogen and oxygen atoms in total. The SMILES string of the molecule is CC(=O)Cc1ccc(OCP)cc1. The second-order valence-electron chi connectivity index (χ2n) is 2.83. The first kappa shape index (κ1) is 10.2. The van der Waals surface area contributed by atoms with E-state index in [2.05, 4.69) is 9.24 Å². The van der Waals surface area contributed by atoms with Crippen molar-refractivity contribution >= 4 is 15.0 Å². The van der Waals surface area contributed by atoms with E-state index >= 15 is 0 Å². The van der Waals surface area contributed by atoms with Gasteiger partial charge in [0.15, 0.2) is 0 Å². The lowest BCUT2D eigenvalue weighted by atomic mass is 10.1. The van der Waals surface area contributed by atoms with Crippen molar-refractivity contribution < 1.29 is 9.53 Å². The molecule has 0 bridgehead atoms. The lowest BCUT2D eigenvalue weighted by Crippen LogP contribution is -1.96. The Balaban J connectivity index is 2.64. The number of ether oxygens (including phenoxy) is 1. The minimum absolute atomic E-state index is 0.180. The fourth-order valence-electron chi connectivity index (χ4n) is 1.09. The molecule has 0 saturated heterocycles. The zero-order valence-corrected chi connectivity index (χ0v) is 8.77. The number of hydrogen-bond donors (Lipinski definition) is 0. The summed E-state index contributed by atoms with van der Waals surface area (Å²) in [7, 11) is 2.49. The molecule has 13 heavy (non-hydrogen) atoms. The zero-order valence-electron chi connectivity index (χ0n) is 7.62. The first-order valence-electron chi connectivity index (χ1n) is 4.13. The summed E-state index contributed by atoms with van der Waals surface area (Å²) < 4.78 is 5.24. The van der Waals surface area contributed by atoms with Gasteiger partial charge in [0, 0.05) is 6.42 Å². The third kappa shape index (κ3) is 3.56. The molecule has 0 heterocycles. The number of ketones is 1. The van der Waals surface area contributed by atoms with Gasteiger partial charge in [-0.05, 0) is 24.6 Å². The quantitative estimate of drug-likeness (QED) is 0.689. The molecule has 0 N–H and O–H groups in total. The van der Waals surface area contributed by atoms with Gasteiger partial charge in [-0.2, -0.15) is 0 Å². The van der Waals surface area contributed by atoms with Crippen LogP contribution in [0.15, 0.2) is 24.3 Å². The minimum atomic E-state index is 0.180. The maximum Gasteiger partial charge on any atom is 0.134 e. The summed E-state index contributed by atoms with van der Waals surface area (Å²) in [6, 6.07) is 7.58. The van der Waals surface area contributed by atoms with Gasteiger partial charge in [-0.3, -0.25) is 4.79 Å². The van der Waals surface area contributed by atoms with Crippen LogP contribution >= 0.6 is 9.24 Å². The molecule has 0 amide bonds. The molecule has 3 heteroatoms. The lowest BCUT2D eigenvalue weighted by molar-refractivity contribution is -0.116. The highest BCUT2D eigenvalue weighted by molar-refractivity contribution is 7.16. The molecule has 0 aliphatic rings. The fraction of sp³-hybridized carbons (Fsp3) is 0.300. The number of rotatable bonds is 4. The number of hydrogen-bond acceptors (Lipinski definition) is 2. The second kappa shape index (κ2) is 4.98. The average molecular weight is 196 g/mol. The molecular formula is C10H13O2P. The Morgan fingerprint density at radius 1 is 1.38 bits per heavy atom. The summed E-state index contributed by atoms with van der Waals surface area (Å²) in [5, 5.41) is 0. The topological polar surface area (TPSA) is 26.3 Å². The van der Waals surface area contributed by atoms with E-state index in [4.69, 9.17) is 4.74 Å². The normalized spacial score (nSPS) is 9.69. The first-order chi connectivity index (χ1) is 6.22. The fourth-order valence-corrected chi connectivity index (χ4v) is 1.28. The first-order valence-corrected chi connectivity index (χ1v) is 4.95. The average Bonchev–Trinajstić information content (AvgIpc) is 2.08. The number of benzene rings is 1. The number of carbonyl (C=O) groups excluding carboxylic acids is 1. The molecule has 1 unspecified atom stereocenters. The van der Waals surface area contributed by atoms with Crippen molar-refractivity contribution in [3.63, 3.8) is 0 Å². The highest BCUT2D eigenvalue weighted by Gasteiger charge is 1.97. The van der Waals surface area contributed by atoms with E-state index in [1.54, 1.807) is 6.92 Å². The Labute approximate surface area is 80.5 Å². The standard InChI is InChI=1S/C10H13O2P/c1-8(11)6-9-2-4-10(5-3-9)12-7-13/h2-5H,6-7,13H2,1H3. The van der Waals surface area contributed by atoms with Gasteiger partial charge in [-0.25, -0.2) is 0 Å². The maximum absolute atomic E-state index is 10.8. The molecule has 0 spiro atoms. The van der Waals surface area contributed by atoms with Crippen LogP contribution in [-0.4, -0.2) is 12.1 Å². The predicted octanol–water partition coefficient (Wildman–Crippen LogP) is 2.03. The number of carbonyl (C=O) groups is 1. The predicted molar refractivity (Wildman–Crippen MR) is 56.0 cm³/mol. The van der Waals surface area contributed by atoms with Gasteiger partial charge in [-0.1, -0.05) is 21.4 Å². The van der Waals surface area contributed by atoms with Crippen LogP contribution in [0.1, 0.15) is 12.5 Å². The van der Waals surface area contributed by atoms with Gasteiger partial charge in [-0.15, -0.1) is 0 Å². The van der Waals surface area contributed by atoms with Crippen molar-refractivity contribution in [2.75, 3.05) is 6.35 Å². The minimum Gasteiger partial charge on any atom is -0.490 e. The van der Waals surface area contributed by atoms with Gasteiger partial charge in [0.05, 0.1) is 0 Å². The molecule has 0 fully saturated rings. The van der Waals surface area contributed by atoms with Crippen molar-refractivity contribution in [3.8, 4) is 5.75 Å². The van der Waals surface area contributed by atoms with E-state index in [9.17, 15) is 4.79 Å². The highest BCUT2D eigenvalue weighted by atomic mass is 31.0. The van der Waals surface area contributed by atoms with Crippen molar-refractivity contribution in [2.45, 2.75) is 13.3 Å². The van der Waals surface area contributed by atoms with Gasteiger partial charge in [0.2, 0.25) is 0 Å². The summed E-state index contributed by atoms with van der Waals surface area (Å²) in [6.45, 7) is 1.59. The maximum atomic E-state index is 10.8. The van der Waals surface area contributed by atoms with Gasteiger partial charge >= 0.3 is 0 Å². The molecule has 0 aliphatic carbocycles. The van der Waals surface area contributed by atoms with Gasteiger partial charge in [0.1, 0.15) is 17.9 Å². The molecule has 0 aromatic heterocycles. The highest BCUT2D eigenvalue weighted by Crippen LogP contribution is 2.13. The lowest BCUT2D eigenvalue weighted by Gasteiger charge is -2.03. The molecule has 0 radical (unpaired) electrons. The molecule has 1 rings (SSSR count). The van der Waals surface area contributed by atoms with Crippen molar-refractivity contribution in [1.29, 1.82) is 0 Å². The summed E-state index contributed by atoms with van der Waals surface area (Å²) in [4.78, 5) is 10.8. The molecule has 1 aromatic carbocycles. The number of Topliss-reactive ketones (excluding diaryl/α,β-unsaturated/α-hetero) is 1. The summed E-state index contributed by atoms with van der Waals surface area (Å²) in [5.74, 6) is 1.02. The van der Waals surface area contributed by atoms with Crippen LogP contribution in [0.25, 0.3) is 0 Å². The zero-order chi connectivity index (χ0) is 9.68. The summed E-state index contributed by atoms with van der Waals surface area (Å²) in [6.07, 6.45) is 1.09. The molecule has 0 aliphatic heterocycles. The van der Waals surface area contributed by atoms with E-state index in [0.717, 1.165) is 11.3 Å². The smallest absolute Gasteiger partial charge is 0.134 e. The van der Waals surface area contributed by atoms with E-state index < -0.39 is 0 Å². The second-order valence-corrected chi connectivity index (χ2v) is 3.17. The Bertz CT molecular complexity index is 279. The van der Waals surface area contributed by atoms with Crippen LogP contribution in [0.5, 0.6) is 5.75 Å². The molecule has 1 atom stereocenters. The summed E-state index contributed by atoms with van der Waals surface area (Å²) >= 11 is 0. The van der Waals surface area contributed by atoms with Crippen LogP contribution in [-0.2, 0) is 11.2 Å². The Morgan fingerprint density at radius 2 is 2.00 bits per heavy atom. The van der Waals surface area contributed by atoms with Crippen LogP contribution in [0.3, 0.4) is 0 Å². The molecule has 1 aromatic rings. The van der Waals surface area contributed by atoms with Crippen LogP contribution < -0.4 is 4.74 Å². The molecular weight excluding hydrogens is 183 g/mol. The Kier molecular flexibility index (Phi) is 3.91. The van der Waals surface area contributed by atoms with Gasteiger partial charge < -0.3 is 4.74 Å². The van der Waals surface area contributed by atoms with E-state index in [-0.39, 0.29) is 5.78 Å². The van der Waals surface area contributed by atoms with Crippen LogP contribution in [0.2, 0.25) is 0 Å². The monoisotopic (exact) mass is 196 g/mol. The van der Waals surface area contributed by atoms with Gasteiger partial charge in [0.25, 0.3) is 0 Å². The third-order valence-corrected chi connectivity index (χ3v) is 1.79.